The van der Waals surface area contributed by atoms with Crippen molar-refractivity contribution in [3.8, 4) is 22.8 Å². The third-order valence-electron chi connectivity index (χ3n) is 5.52. The molecule has 2 aromatic carbocycles. The second-order valence-corrected chi connectivity index (χ2v) is 9.45. The Hall–Kier alpha value is -3.17. The van der Waals surface area contributed by atoms with Crippen LogP contribution in [0.3, 0.4) is 0 Å². The maximum Gasteiger partial charge on any atom is 0.247 e. The van der Waals surface area contributed by atoms with Gasteiger partial charge in [-0.2, -0.15) is 4.31 Å². The molecular formula is C23H26N4O4S. The lowest BCUT2D eigenvalue weighted by Gasteiger charge is -2.34. The molecule has 2 heterocycles. The Bertz CT molecular complexity index is 1210. The molecule has 1 aliphatic rings. The summed E-state index contributed by atoms with van der Waals surface area (Å²) in [6.45, 7) is 3.77. The van der Waals surface area contributed by atoms with Crippen molar-refractivity contribution in [2.75, 3.05) is 45.3 Å². The molecule has 0 radical (unpaired) electrons. The molecule has 0 spiro atoms. The quantitative estimate of drug-likeness (QED) is 0.566. The molecular weight excluding hydrogens is 428 g/mol. The molecule has 32 heavy (non-hydrogen) atoms. The van der Waals surface area contributed by atoms with E-state index < -0.39 is 10.0 Å². The Balaban J connectivity index is 1.52. The minimum Gasteiger partial charge on any atom is -0.497 e. The van der Waals surface area contributed by atoms with Gasteiger partial charge in [-0.05, 0) is 25.1 Å². The van der Waals surface area contributed by atoms with E-state index in [0.29, 0.717) is 37.7 Å². The van der Waals surface area contributed by atoms with Gasteiger partial charge in [0.15, 0.2) is 0 Å². The largest absolute Gasteiger partial charge is 0.497 e. The lowest BCUT2D eigenvalue weighted by atomic mass is 10.1. The van der Waals surface area contributed by atoms with Gasteiger partial charge in [-0.3, -0.25) is 0 Å². The van der Waals surface area contributed by atoms with Crippen molar-refractivity contribution in [3.63, 3.8) is 0 Å². The van der Waals surface area contributed by atoms with Gasteiger partial charge in [0.1, 0.15) is 28.5 Å². The number of methoxy groups -OCH3 is 2. The standard InChI is InChI=1S/C23H26N4O4S/c1-17-5-4-6-18(13-17)20-15-23(25-16-24-20)26-9-11-27(12-10-26)32(28,29)22-14-19(30-2)7-8-21(22)31-3/h4-8,13-16H,9-12H2,1-3H3. The molecule has 0 N–H and O–H groups in total. The first-order valence-electron chi connectivity index (χ1n) is 10.3. The number of aryl methyl sites for hydroxylation is 1. The molecule has 0 saturated carbocycles. The highest BCUT2D eigenvalue weighted by Crippen LogP contribution is 2.31. The van der Waals surface area contributed by atoms with Crippen molar-refractivity contribution in [1.29, 1.82) is 0 Å². The summed E-state index contributed by atoms with van der Waals surface area (Å²) in [5.41, 5.74) is 3.03. The summed E-state index contributed by atoms with van der Waals surface area (Å²) in [6, 6.07) is 14.9. The normalized spacial score (nSPS) is 14.9. The summed E-state index contributed by atoms with van der Waals surface area (Å²) in [5.74, 6) is 1.55. The number of sulfonamides is 1. The van der Waals surface area contributed by atoms with Crippen LogP contribution < -0.4 is 14.4 Å². The number of hydrogen-bond donors (Lipinski definition) is 0. The summed E-state index contributed by atoms with van der Waals surface area (Å²) in [5, 5.41) is 0. The van der Waals surface area contributed by atoms with E-state index in [1.807, 2.05) is 31.2 Å². The zero-order chi connectivity index (χ0) is 22.7. The maximum absolute atomic E-state index is 13.3. The second kappa shape index (κ2) is 9.13. The fourth-order valence-electron chi connectivity index (χ4n) is 3.76. The lowest BCUT2D eigenvalue weighted by Crippen LogP contribution is -2.49. The SMILES string of the molecule is COc1ccc(OC)c(S(=O)(=O)N2CCN(c3cc(-c4cccc(C)c4)ncn3)CC2)c1. The molecule has 0 amide bonds. The summed E-state index contributed by atoms with van der Waals surface area (Å²) >= 11 is 0. The molecule has 1 aromatic heterocycles. The maximum atomic E-state index is 13.3. The third-order valence-corrected chi connectivity index (χ3v) is 7.44. The van der Waals surface area contributed by atoms with Gasteiger partial charge in [-0.1, -0.05) is 23.8 Å². The van der Waals surface area contributed by atoms with E-state index in [-0.39, 0.29) is 4.90 Å². The topological polar surface area (TPSA) is 84.9 Å². The highest BCUT2D eigenvalue weighted by molar-refractivity contribution is 7.89. The summed E-state index contributed by atoms with van der Waals surface area (Å²) in [6.07, 6.45) is 1.55. The van der Waals surface area contributed by atoms with Crippen LogP contribution >= 0.6 is 0 Å². The molecule has 1 saturated heterocycles. The first kappa shape index (κ1) is 22.0. The zero-order valence-corrected chi connectivity index (χ0v) is 19.2. The van der Waals surface area contributed by atoms with Gasteiger partial charge in [-0.25, -0.2) is 18.4 Å². The molecule has 0 aliphatic carbocycles. The van der Waals surface area contributed by atoms with Crippen LogP contribution in [0.5, 0.6) is 11.5 Å². The molecule has 1 fully saturated rings. The summed E-state index contributed by atoms with van der Waals surface area (Å²) < 4.78 is 38.6. The molecule has 3 aromatic rings. The van der Waals surface area contributed by atoms with Gasteiger partial charge in [0, 0.05) is 43.9 Å². The first-order chi connectivity index (χ1) is 15.4. The van der Waals surface area contributed by atoms with E-state index >= 15 is 0 Å². The Morgan fingerprint density at radius 1 is 0.906 bits per heavy atom. The summed E-state index contributed by atoms with van der Waals surface area (Å²) in [7, 11) is -0.768. The van der Waals surface area contributed by atoms with Crippen molar-refractivity contribution in [2.24, 2.45) is 0 Å². The fourth-order valence-corrected chi connectivity index (χ4v) is 5.36. The first-order valence-corrected chi connectivity index (χ1v) is 11.7. The fraction of sp³-hybridized carbons (Fsp3) is 0.304. The van der Waals surface area contributed by atoms with Crippen LogP contribution in [0.2, 0.25) is 0 Å². The Morgan fingerprint density at radius 3 is 2.38 bits per heavy atom. The van der Waals surface area contributed by atoms with E-state index in [1.165, 1.54) is 24.6 Å². The van der Waals surface area contributed by atoms with Crippen molar-refractivity contribution < 1.29 is 17.9 Å². The predicted molar refractivity (Wildman–Crippen MR) is 123 cm³/mol. The summed E-state index contributed by atoms with van der Waals surface area (Å²) in [4.78, 5) is 11.0. The number of hydrogen-bond acceptors (Lipinski definition) is 7. The van der Waals surface area contributed by atoms with Gasteiger partial charge in [-0.15, -0.1) is 0 Å². The van der Waals surface area contributed by atoms with Gasteiger partial charge >= 0.3 is 0 Å². The Morgan fingerprint density at radius 2 is 1.69 bits per heavy atom. The molecule has 0 bridgehead atoms. The van der Waals surface area contributed by atoms with Crippen LogP contribution in [-0.4, -0.2) is 63.1 Å². The highest BCUT2D eigenvalue weighted by atomic mass is 32.2. The van der Waals surface area contributed by atoms with E-state index in [4.69, 9.17) is 9.47 Å². The third kappa shape index (κ3) is 4.39. The molecule has 0 atom stereocenters. The average Bonchev–Trinajstić information content (AvgIpc) is 2.83. The van der Waals surface area contributed by atoms with E-state index in [2.05, 4.69) is 20.9 Å². The molecule has 9 heteroatoms. The second-order valence-electron chi connectivity index (χ2n) is 7.54. The van der Waals surface area contributed by atoms with Crippen LogP contribution in [0.1, 0.15) is 5.56 Å². The van der Waals surface area contributed by atoms with Crippen LogP contribution in [0.15, 0.2) is 59.8 Å². The highest BCUT2D eigenvalue weighted by Gasteiger charge is 2.31. The average molecular weight is 455 g/mol. The zero-order valence-electron chi connectivity index (χ0n) is 18.4. The molecule has 8 nitrogen and oxygen atoms in total. The molecule has 0 unspecified atom stereocenters. The van der Waals surface area contributed by atoms with Gasteiger partial charge in [0.2, 0.25) is 10.0 Å². The molecule has 168 valence electrons. The van der Waals surface area contributed by atoms with Crippen molar-refractivity contribution in [3.05, 3.63) is 60.4 Å². The van der Waals surface area contributed by atoms with Crippen LogP contribution in [0.4, 0.5) is 5.82 Å². The van der Waals surface area contributed by atoms with Crippen LogP contribution in [-0.2, 0) is 10.0 Å². The van der Waals surface area contributed by atoms with Crippen molar-refractivity contribution in [2.45, 2.75) is 11.8 Å². The van der Waals surface area contributed by atoms with Crippen molar-refractivity contribution in [1.82, 2.24) is 14.3 Å². The van der Waals surface area contributed by atoms with Gasteiger partial charge < -0.3 is 14.4 Å². The van der Waals surface area contributed by atoms with E-state index in [9.17, 15) is 8.42 Å². The van der Waals surface area contributed by atoms with Gasteiger partial charge in [0.25, 0.3) is 0 Å². The minimum atomic E-state index is -3.73. The van der Waals surface area contributed by atoms with Crippen molar-refractivity contribution >= 4 is 15.8 Å². The van der Waals surface area contributed by atoms with E-state index in [0.717, 1.165) is 22.6 Å². The monoisotopic (exact) mass is 454 g/mol. The van der Waals surface area contributed by atoms with Gasteiger partial charge in [0.05, 0.1) is 19.9 Å². The number of piperazine rings is 1. The smallest absolute Gasteiger partial charge is 0.247 e. The number of anilines is 1. The minimum absolute atomic E-state index is 0.108. The van der Waals surface area contributed by atoms with Crippen LogP contribution in [0, 0.1) is 6.92 Å². The Kier molecular flexibility index (Phi) is 6.29. The number of aromatic nitrogens is 2. The predicted octanol–water partition coefficient (Wildman–Crippen LogP) is 2.98. The molecule has 1 aliphatic heterocycles. The number of rotatable bonds is 6. The Labute approximate surface area is 188 Å². The van der Waals surface area contributed by atoms with E-state index in [1.54, 1.807) is 18.5 Å². The number of ether oxygens (including phenoxy) is 2. The molecule has 4 rings (SSSR count). The van der Waals surface area contributed by atoms with Crippen LogP contribution in [0.25, 0.3) is 11.3 Å². The lowest BCUT2D eigenvalue weighted by molar-refractivity contribution is 0.370. The number of benzene rings is 2. The number of nitrogens with zero attached hydrogens (tertiary/aromatic N) is 4.